The van der Waals surface area contributed by atoms with Crippen LogP contribution in [0.5, 0.6) is 11.5 Å². The van der Waals surface area contributed by atoms with Crippen molar-refractivity contribution in [2.75, 3.05) is 33.4 Å². The molecule has 3 N–H and O–H groups in total. The number of aromatic amines is 1. The van der Waals surface area contributed by atoms with Crippen molar-refractivity contribution in [2.45, 2.75) is 38.0 Å². The smallest absolute Gasteiger partial charge is 0.387 e. The zero-order valence-corrected chi connectivity index (χ0v) is 21.2. The molecule has 3 heterocycles. The highest BCUT2D eigenvalue weighted by Crippen LogP contribution is 2.49. The van der Waals surface area contributed by atoms with Gasteiger partial charge in [0.25, 0.3) is 5.91 Å². The summed E-state index contributed by atoms with van der Waals surface area (Å²) in [6, 6.07) is 10.1. The third-order valence-corrected chi connectivity index (χ3v) is 7.27. The van der Waals surface area contributed by atoms with Crippen LogP contribution < -0.4 is 10.1 Å². The average molecular weight is 529 g/mol. The van der Waals surface area contributed by atoms with E-state index in [1.165, 1.54) is 23.1 Å². The number of phenols is 1. The van der Waals surface area contributed by atoms with Gasteiger partial charge in [-0.15, -0.1) is 0 Å². The summed E-state index contributed by atoms with van der Waals surface area (Å²) in [4.78, 5) is 33.8. The second kappa shape index (κ2) is 10.2. The van der Waals surface area contributed by atoms with Crippen molar-refractivity contribution < 1.29 is 33.0 Å². The number of aromatic nitrogens is 1. The summed E-state index contributed by atoms with van der Waals surface area (Å²) < 4.78 is 35.5. The number of fused-ring (bicyclic) bond motifs is 4. The lowest BCUT2D eigenvalue weighted by Crippen LogP contribution is -2.53. The van der Waals surface area contributed by atoms with E-state index in [0.29, 0.717) is 48.3 Å². The monoisotopic (exact) mass is 528 g/mol. The summed E-state index contributed by atoms with van der Waals surface area (Å²) in [6.45, 7) is 0.861. The normalized spacial score (nSPS) is 20.9. The lowest BCUT2D eigenvalue weighted by Gasteiger charge is -2.42. The summed E-state index contributed by atoms with van der Waals surface area (Å²) in [5.74, 6) is -0.284. The van der Waals surface area contributed by atoms with Gasteiger partial charge in [-0.1, -0.05) is 12.1 Å². The number of alkyl halides is 2. The number of hydrogen-bond donors (Lipinski definition) is 3. The topological polar surface area (TPSA) is 107 Å². The standard InChI is InChI=1S/C27H30F2N4O5/c1-27-15-20-19-14-18(38-25(28)29)7-8-21(19)31-22(20)23(16-5-3-6-17(34)13-16)33(27)26(36)32(24(27)35)11-4-9-30-10-12-37-2/h3,5-8,13-14,23,25,30-31,34H,4,9-12,15H2,1-2H3/t23-,27+/m1/s1. The van der Waals surface area contributed by atoms with Gasteiger partial charge in [0, 0.05) is 43.2 Å². The molecule has 38 heavy (non-hydrogen) atoms. The molecule has 1 fully saturated rings. The van der Waals surface area contributed by atoms with Crippen LogP contribution in [-0.2, 0) is 16.0 Å². The molecule has 0 bridgehead atoms. The molecule has 1 saturated heterocycles. The predicted molar refractivity (Wildman–Crippen MR) is 135 cm³/mol. The number of nitrogens with zero attached hydrogens (tertiary/aromatic N) is 2. The van der Waals surface area contributed by atoms with Crippen LogP contribution in [0.25, 0.3) is 10.9 Å². The molecule has 1 aromatic heterocycles. The highest BCUT2D eigenvalue weighted by molar-refractivity contribution is 6.08. The van der Waals surface area contributed by atoms with Crippen LogP contribution in [0, 0.1) is 0 Å². The highest BCUT2D eigenvalue weighted by atomic mass is 19.3. The Morgan fingerprint density at radius 3 is 2.76 bits per heavy atom. The number of phenolic OH excluding ortho intramolecular Hbond substituents is 1. The molecule has 202 valence electrons. The summed E-state index contributed by atoms with van der Waals surface area (Å²) in [6.07, 6.45) is 0.771. The van der Waals surface area contributed by atoms with Gasteiger partial charge in [-0.25, -0.2) is 4.79 Å². The van der Waals surface area contributed by atoms with Crippen molar-refractivity contribution in [3.8, 4) is 11.5 Å². The van der Waals surface area contributed by atoms with Crippen molar-refractivity contribution in [1.82, 2.24) is 20.1 Å². The zero-order valence-electron chi connectivity index (χ0n) is 21.2. The zero-order chi connectivity index (χ0) is 27.0. The number of urea groups is 1. The van der Waals surface area contributed by atoms with E-state index in [0.717, 1.165) is 5.56 Å². The Kier molecular flexibility index (Phi) is 6.97. The van der Waals surface area contributed by atoms with E-state index in [1.54, 1.807) is 43.2 Å². The summed E-state index contributed by atoms with van der Waals surface area (Å²) in [7, 11) is 1.62. The number of rotatable bonds is 10. The van der Waals surface area contributed by atoms with Crippen molar-refractivity contribution in [2.24, 2.45) is 0 Å². The average Bonchev–Trinajstić information content (AvgIpc) is 3.31. The van der Waals surface area contributed by atoms with Crippen LogP contribution in [0.3, 0.4) is 0 Å². The fraction of sp³-hybridized carbons (Fsp3) is 0.407. The van der Waals surface area contributed by atoms with Gasteiger partial charge in [-0.3, -0.25) is 14.6 Å². The van der Waals surface area contributed by atoms with Crippen LogP contribution >= 0.6 is 0 Å². The van der Waals surface area contributed by atoms with Gasteiger partial charge in [-0.05, 0) is 61.3 Å². The minimum absolute atomic E-state index is 0.00668. The summed E-state index contributed by atoms with van der Waals surface area (Å²) in [5, 5.41) is 14.1. The van der Waals surface area contributed by atoms with Gasteiger partial charge in [0.05, 0.1) is 6.61 Å². The molecule has 3 amide bonds. The molecule has 11 heteroatoms. The summed E-state index contributed by atoms with van der Waals surface area (Å²) >= 11 is 0. The molecule has 0 spiro atoms. The molecule has 5 rings (SSSR count). The minimum atomic E-state index is -2.97. The van der Waals surface area contributed by atoms with Gasteiger partial charge in [0.2, 0.25) is 0 Å². The molecule has 2 aromatic carbocycles. The van der Waals surface area contributed by atoms with Crippen LogP contribution in [0.1, 0.15) is 36.2 Å². The molecule has 2 aliphatic heterocycles. The van der Waals surface area contributed by atoms with E-state index in [9.17, 15) is 23.5 Å². The first-order valence-electron chi connectivity index (χ1n) is 12.5. The number of H-pyrrole nitrogens is 1. The largest absolute Gasteiger partial charge is 0.508 e. The number of imide groups is 1. The second-order valence-corrected chi connectivity index (χ2v) is 9.76. The first kappa shape index (κ1) is 25.9. The Bertz CT molecular complexity index is 1360. The van der Waals surface area contributed by atoms with E-state index >= 15 is 0 Å². The number of nitrogens with one attached hydrogen (secondary N) is 2. The number of hydrogen-bond acceptors (Lipinski definition) is 6. The Hall–Kier alpha value is -3.70. The number of aromatic hydroxyl groups is 1. The lowest BCUT2D eigenvalue weighted by molar-refractivity contribution is -0.133. The number of carbonyl (C=O) groups is 2. The van der Waals surface area contributed by atoms with Crippen LogP contribution in [-0.4, -0.2) is 77.3 Å². The molecule has 2 atom stereocenters. The number of benzene rings is 2. The van der Waals surface area contributed by atoms with Crippen LogP contribution in [0.2, 0.25) is 0 Å². The second-order valence-electron chi connectivity index (χ2n) is 9.76. The molecule has 0 saturated carbocycles. The molecular weight excluding hydrogens is 498 g/mol. The van der Waals surface area contributed by atoms with Gasteiger partial charge in [-0.2, -0.15) is 8.78 Å². The molecule has 2 aliphatic rings. The van der Waals surface area contributed by atoms with Crippen LogP contribution in [0.15, 0.2) is 42.5 Å². The van der Waals surface area contributed by atoms with Crippen molar-refractivity contribution in [3.63, 3.8) is 0 Å². The maximum absolute atomic E-state index is 13.8. The van der Waals surface area contributed by atoms with E-state index in [-0.39, 0.29) is 30.4 Å². The van der Waals surface area contributed by atoms with Crippen LogP contribution in [0.4, 0.5) is 13.6 Å². The first-order chi connectivity index (χ1) is 18.2. The Labute approximate surface area is 218 Å². The van der Waals surface area contributed by atoms with E-state index in [4.69, 9.17) is 4.74 Å². The minimum Gasteiger partial charge on any atom is -0.508 e. The predicted octanol–water partition coefficient (Wildman–Crippen LogP) is 3.77. The molecule has 0 aliphatic carbocycles. The maximum Gasteiger partial charge on any atom is 0.387 e. The highest BCUT2D eigenvalue weighted by Gasteiger charge is 2.60. The Morgan fingerprint density at radius 1 is 1.21 bits per heavy atom. The van der Waals surface area contributed by atoms with Gasteiger partial charge >= 0.3 is 12.6 Å². The fourth-order valence-corrected chi connectivity index (χ4v) is 5.57. The van der Waals surface area contributed by atoms with Gasteiger partial charge in [0.15, 0.2) is 0 Å². The Balaban J connectivity index is 1.55. The van der Waals surface area contributed by atoms with Crippen molar-refractivity contribution >= 4 is 22.8 Å². The molecule has 0 unspecified atom stereocenters. The third-order valence-electron chi connectivity index (χ3n) is 7.27. The quantitative estimate of drug-likeness (QED) is 0.273. The first-order valence-corrected chi connectivity index (χ1v) is 12.5. The molecule has 0 radical (unpaired) electrons. The van der Waals surface area contributed by atoms with Gasteiger partial charge in [0.1, 0.15) is 23.1 Å². The fourth-order valence-electron chi connectivity index (χ4n) is 5.57. The van der Waals surface area contributed by atoms with Gasteiger partial charge < -0.3 is 24.9 Å². The van der Waals surface area contributed by atoms with E-state index in [2.05, 4.69) is 15.0 Å². The van der Waals surface area contributed by atoms with E-state index < -0.39 is 24.2 Å². The lowest BCUT2D eigenvalue weighted by atomic mass is 9.81. The summed E-state index contributed by atoms with van der Waals surface area (Å²) in [5.41, 5.74) is 1.50. The van der Waals surface area contributed by atoms with Crippen molar-refractivity contribution in [1.29, 1.82) is 0 Å². The third kappa shape index (κ3) is 4.45. The molecule has 9 nitrogen and oxygen atoms in total. The number of methoxy groups -OCH3 is 1. The molecular formula is C27H30F2N4O5. The maximum atomic E-state index is 13.8. The molecule has 3 aromatic rings. The number of ether oxygens (including phenoxy) is 2. The van der Waals surface area contributed by atoms with Crippen molar-refractivity contribution in [3.05, 3.63) is 59.3 Å². The number of halogens is 2. The number of carbonyl (C=O) groups excluding carboxylic acids is 2. The SMILES string of the molecule is COCCNCCCN1C(=O)N2[C@H](c3cccc(O)c3)c3[nH]c4ccc(OC(F)F)cc4c3C[C@@]2(C)C1=O. The number of amides is 3. The van der Waals surface area contributed by atoms with E-state index in [1.807, 2.05) is 0 Å². The Morgan fingerprint density at radius 2 is 2.03 bits per heavy atom.